The number of carbonyl (C=O) groups is 2. The highest BCUT2D eigenvalue weighted by atomic mass is 16.2. The van der Waals surface area contributed by atoms with Crippen LogP contribution in [0.1, 0.15) is 24.4 Å². The second kappa shape index (κ2) is 6.58. The SMILES string of the molecule is CN1CCN(C(=O)[C@@H]2CCCN2C(N)=O)[C@@H](c2ccccc2)C1. The molecule has 2 aliphatic rings. The molecule has 2 N–H and O–H groups in total. The topological polar surface area (TPSA) is 69.9 Å². The van der Waals surface area contributed by atoms with Crippen LogP contribution in [0.15, 0.2) is 30.3 Å². The van der Waals surface area contributed by atoms with E-state index in [1.807, 2.05) is 23.1 Å². The van der Waals surface area contributed by atoms with Gasteiger partial charge in [-0.15, -0.1) is 0 Å². The van der Waals surface area contributed by atoms with Crippen molar-refractivity contribution in [3.63, 3.8) is 0 Å². The van der Waals surface area contributed by atoms with Gasteiger partial charge in [-0.2, -0.15) is 0 Å². The van der Waals surface area contributed by atoms with Gasteiger partial charge >= 0.3 is 6.03 Å². The maximum atomic E-state index is 13.1. The molecule has 2 saturated heterocycles. The van der Waals surface area contributed by atoms with E-state index in [1.165, 1.54) is 4.90 Å². The molecule has 1 aromatic carbocycles. The minimum absolute atomic E-state index is 0.0257. The summed E-state index contributed by atoms with van der Waals surface area (Å²) in [7, 11) is 2.07. The lowest BCUT2D eigenvalue weighted by Gasteiger charge is -2.42. The van der Waals surface area contributed by atoms with E-state index in [0.29, 0.717) is 19.5 Å². The normalized spacial score (nSPS) is 25.6. The molecule has 2 atom stereocenters. The lowest BCUT2D eigenvalue weighted by atomic mass is 10.0. The molecule has 6 heteroatoms. The fourth-order valence-corrected chi connectivity index (χ4v) is 3.62. The molecule has 2 aliphatic heterocycles. The van der Waals surface area contributed by atoms with E-state index in [2.05, 4.69) is 24.1 Å². The number of likely N-dealkylation sites (N-methyl/N-ethyl adjacent to an activating group) is 1. The average Bonchev–Trinajstić information content (AvgIpc) is 3.05. The van der Waals surface area contributed by atoms with Crippen LogP contribution in [0, 0.1) is 0 Å². The first-order chi connectivity index (χ1) is 11.1. The number of carbonyl (C=O) groups excluding carboxylic acids is 2. The summed E-state index contributed by atoms with van der Waals surface area (Å²) < 4.78 is 0. The Balaban J connectivity index is 1.83. The number of primary amides is 1. The van der Waals surface area contributed by atoms with Crippen LogP contribution in [0.4, 0.5) is 4.79 Å². The maximum Gasteiger partial charge on any atom is 0.315 e. The van der Waals surface area contributed by atoms with Gasteiger partial charge in [-0.3, -0.25) is 4.79 Å². The van der Waals surface area contributed by atoms with Crippen LogP contribution in [0.25, 0.3) is 0 Å². The number of rotatable bonds is 2. The number of hydrogen-bond acceptors (Lipinski definition) is 3. The number of piperazine rings is 1. The first kappa shape index (κ1) is 15.8. The van der Waals surface area contributed by atoms with E-state index in [4.69, 9.17) is 5.73 Å². The summed E-state index contributed by atoms with van der Waals surface area (Å²) in [6.07, 6.45) is 1.54. The van der Waals surface area contributed by atoms with Gasteiger partial charge < -0.3 is 20.4 Å². The Morgan fingerprint density at radius 2 is 1.83 bits per heavy atom. The van der Waals surface area contributed by atoms with Gasteiger partial charge in [0.25, 0.3) is 0 Å². The first-order valence-electron chi connectivity index (χ1n) is 8.18. The third-order valence-corrected chi connectivity index (χ3v) is 4.87. The lowest BCUT2D eigenvalue weighted by molar-refractivity contribution is -0.140. The molecule has 1 aromatic rings. The minimum Gasteiger partial charge on any atom is -0.351 e. The fourth-order valence-electron chi connectivity index (χ4n) is 3.62. The van der Waals surface area contributed by atoms with Crippen LogP contribution in [0.5, 0.6) is 0 Å². The van der Waals surface area contributed by atoms with Crippen molar-refractivity contribution in [1.29, 1.82) is 0 Å². The van der Waals surface area contributed by atoms with Gasteiger partial charge in [0.2, 0.25) is 5.91 Å². The van der Waals surface area contributed by atoms with Crippen molar-refractivity contribution in [3.8, 4) is 0 Å². The molecule has 2 heterocycles. The molecule has 0 aliphatic carbocycles. The van der Waals surface area contributed by atoms with Crippen molar-refractivity contribution in [1.82, 2.24) is 14.7 Å². The Bertz CT molecular complexity index is 577. The Labute approximate surface area is 136 Å². The average molecular weight is 316 g/mol. The first-order valence-corrected chi connectivity index (χ1v) is 8.18. The van der Waals surface area contributed by atoms with Crippen molar-refractivity contribution in [2.45, 2.75) is 24.9 Å². The number of nitrogens with two attached hydrogens (primary N) is 1. The molecule has 2 fully saturated rings. The molecule has 124 valence electrons. The Morgan fingerprint density at radius 3 is 2.52 bits per heavy atom. The highest BCUT2D eigenvalue weighted by Gasteiger charge is 2.39. The highest BCUT2D eigenvalue weighted by Crippen LogP contribution is 2.28. The van der Waals surface area contributed by atoms with Crippen molar-refractivity contribution < 1.29 is 9.59 Å². The van der Waals surface area contributed by atoms with Crippen LogP contribution < -0.4 is 5.73 Å². The summed E-state index contributed by atoms with van der Waals surface area (Å²) in [5.74, 6) is 0.0308. The van der Waals surface area contributed by atoms with Gasteiger partial charge in [0.05, 0.1) is 6.04 Å². The van der Waals surface area contributed by atoms with Crippen LogP contribution in [-0.2, 0) is 4.79 Å². The summed E-state index contributed by atoms with van der Waals surface area (Å²) in [6.45, 7) is 2.91. The van der Waals surface area contributed by atoms with Crippen LogP contribution in [0.2, 0.25) is 0 Å². The van der Waals surface area contributed by atoms with E-state index in [0.717, 1.165) is 25.1 Å². The van der Waals surface area contributed by atoms with E-state index in [9.17, 15) is 9.59 Å². The zero-order chi connectivity index (χ0) is 16.4. The van der Waals surface area contributed by atoms with E-state index >= 15 is 0 Å². The predicted molar refractivity (Wildman–Crippen MR) is 87.7 cm³/mol. The molecule has 3 amide bonds. The number of amides is 3. The molecule has 0 radical (unpaired) electrons. The minimum atomic E-state index is -0.494. The molecule has 0 spiro atoms. The number of nitrogens with zero attached hydrogens (tertiary/aromatic N) is 3. The summed E-state index contributed by atoms with van der Waals surface area (Å²) in [5.41, 5.74) is 6.57. The fraction of sp³-hybridized carbons (Fsp3) is 0.529. The van der Waals surface area contributed by atoms with E-state index < -0.39 is 12.1 Å². The van der Waals surface area contributed by atoms with Gasteiger partial charge in [0, 0.05) is 26.2 Å². The van der Waals surface area contributed by atoms with E-state index in [1.54, 1.807) is 0 Å². The van der Waals surface area contributed by atoms with Gasteiger partial charge in [0.1, 0.15) is 6.04 Å². The van der Waals surface area contributed by atoms with Crippen molar-refractivity contribution in [2.24, 2.45) is 5.73 Å². The van der Waals surface area contributed by atoms with Crippen LogP contribution >= 0.6 is 0 Å². The number of urea groups is 1. The summed E-state index contributed by atoms with van der Waals surface area (Å²) in [5, 5.41) is 0. The van der Waals surface area contributed by atoms with Gasteiger partial charge in [-0.1, -0.05) is 30.3 Å². The quantitative estimate of drug-likeness (QED) is 0.886. The second-order valence-corrected chi connectivity index (χ2v) is 6.41. The zero-order valence-corrected chi connectivity index (χ0v) is 13.5. The largest absolute Gasteiger partial charge is 0.351 e. The van der Waals surface area contributed by atoms with E-state index in [-0.39, 0.29) is 11.9 Å². The zero-order valence-electron chi connectivity index (χ0n) is 13.5. The molecule has 23 heavy (non-hydrogen) atoms. The molecule has 3 rings (SSSR count). The standard InChI is InChI=1S/C17H24N4O2/c1-19-10-11-20(15(12-19)13-6-3-2-4-7-13)16(22)14-8-5-9-21(14)17(18)23/h2-4,6-7,14-15H,5,8-12H2,1H3,(H2,18,23)/t14-,15+/m0/s1. The molecular formula is C17H24N4O2. The number of benzene rings is 1. The third-order valence-electron chi connectivity index (χ3n) is 4.87. The van der Waals surface area contributed by atoms with Gasteiger partial charge in [-0.25, -0.2) is 4.79 Å². The lowest BCUT2D eigenvalue weighted by Crippen LogP contribution is -2.55. The van der Waals surface area contributed by atoms with Crippen LogP contribution in [0.3, 0.4) is 0 Å². The molecule has 0 aromatic heterocycles. The Kier molecular flexibility index (Phi) is 4.52. The molecule has 6 nitrogen and oxygen atoms in total. The molecule has 0 unspecified atom stereocenters. The van der Waals surface area contributed by atoms with Crippen molar-refractivity contribution in [3.05, 3.63) is 35.9 Å². The summed E-state index contributed by atoms with van der Waals surface area (Å²) in [4.78, 5) is 30.3. The maximum absolute atomic E-state index is 13.1. The molecule has 0 bridgehead atoms. The highest BCUT2D eigenvalue weighted by molar-refractivity contribution is 5.87. The van der Waals surface area contributed by atoms with Crippen molar-refractivity contribution >= 4 is 11.9 Å². The summed E-state index contributed by atoms with van der Waals surface area (Å²) >= 11 is 0. The monoisotopic (exact) mass is 316 g/mol. The molecular weight excluding hydrogens is 292 g/mol. The van der Waals surface area contributed by atoms with Gasteiger partial charge in [-0.05, 0) is 25.5 Å². The Hall–Kier alpha value is -2.08. The molecule has 0 saturated carbocycles. The van der Waals surface area contributed by atoms with Crippen LogP contribution in [-0.4, -0.2) is 65.9 Å². The van der Waals surface area contributed by atoms with Crippen molar-refractivity contribution in [2.75, 3.05) is 33.2 Å². The Morgan fingerprint density at radius 1 is 1.09 bits per heavy atom. The number of hydrogen-bond donors (Lipinski definition) is 1. The predicted octanol–water partition coefficient (Wildman–Crippen LogP) is 1.04. The summed E-state index contributed by atoms with van der Waals surface area (Å²) in [6, 6.07) is 9.23. The second-order valence-electron chi connectivity index (χ2n) is 6.41. The number of likely N-dealkylation sites (tertiary alicyclic amines) is 1. The van der Waals surface area contributed by atoms with Gasteiger partial charge in [0.15, 0.2) is 0 Å². The smallest absolute Gasteiger partial charge is 0.315 e. The third kappa shape index (κ3) is 3.17.